The monoisotopic (exact) mass is 770 g/mol. The maximum Gasteiger partial charge on any atom is 0.303 e. The van der Waals surface area contributed by atoms with Gasteiger partial charge in [0.25, 0.3) is 0 Å². The third kappa shape index (κ3) is 43.7. The fraction of sp³-hybridized carbons (Fsp3) is 0.818. The number of hydrogen-bond acceptors (Lipinski definition) is 7. The maximum atomic E-state index is 10.2. The van der Waals surface area contributed by atoms with E-state index in [0.29, 0.717) is 36.1 Å². The van der Waals surface area contributed by atoms with E-state index >= 15 is 0 Å². The molecule has 0 saturated carbocycles. The van der Waals surface area contributed by atoms with E-state index in [1.807, 2.05) is 0 Å². The second-order valence-electron chi connectivity index (χ2n) is 14.4. The predicted octanol–water partition coefficient (Wildman–Crippen LogP) is 12.1. The topological polar surface area (TPSA) is 185 Å². The molecule has 1 heterocycles. The molecular weight excluding hydrogens is 686 g/mol. The number of carbonyl (C=O) groups is 3. The van der Waals surface area contributed by atoms with Crippen LogP contribution in [0.5, 0.6) is 5.75 Å². The molecule has 6 N–H and O–H groups in total. The van der Waals surface area contributed by atoms with Gasteiger partial charge in [-0.1, -0.05) is 175 Å². The van der Waals surface area contributed by atoms with E-state index in [1.54, 1.807) is 6.92 Å². The Morgan fingerprint density at radius 1 is 0.463 bits per heavy atom. The Morgan fingerprint density at radius 2 is 0.722 bits per heavy atom. The highest BCUT2D eigenvalue weighted by molar-refractivity contribution is 5.67. The van der Waals surface area contributed by atoms with Gasteiger partial charge in [-0.2, -0.15) is 0 Å². The summed E-state index contributed by atoms with van der Waals surface area (Å²) in [5, 5.41) is 52.3. The van der Waals surface area contributed by atoms with Crippen molar-refractivity contribution in [3.63, 3.8) is 0 Å². The summed E-state index contributed by atoms with van der Waals surface area (Å²) < 4.78 is 0. The number of aliphatic carboxylic acids is 3. The summed E-state index contributed by atoms with van der Waals surface area (Å²) in [7, 11) is 0. The number of aromatic nitrogens is 1. The van der Waals surface area contributed by atoms with Crippen molar-refractivity contribution in [2.45, 2.75) is 234 Å². The van der Waals surface area contributed by atoms with Gasteiger partial charge >= 0.3 is 17.9 Å². The van der Waals surface area contributed by atoms with Gasteiger partial charge < -0.3 is 30.6 Å². The first-order valence-corrected chi connectivity index (χ1v) is 21.5. The lowest BCUT2D eigenvalue weighted by Crippen LogP contribution is -1.98. The van der Waals surface area contributed by atoms with Crippen molar-refractivity contribution >= 4 is 17.9 Å². The van der Waals surface area contributed by atoms with Gasteiger partial charge in [0.2, 0.25) is 0 Å². The number of rotatable bonds is 32. The summed E-state index contributed by atoms with van der Waals surface area (Å²) in [4.78, 5) is 34.5. The smallest absolute Gasteiger partial charge is 0.303 e. The Morgan fingerprint density at radius 3 is 0.944 bits per heavy atom. The predicted molar refractivity (Wildman–Crippen MR) is 221 cm³/mol. The molecule has 0 bridgehead atoms. The number of nitrogens with zero attached hydrogens (tertiary/aromatic N) is 1. The van der Waals surface area contributed by atoms with Crippen molar-refractivity contribution in [2.24, 2.45) is 0 Å². The Kier molecular flexibility index (Phi) is 46.0. The zero-order valence-electron chi connectivity index (χ0n) is 35.1. The summed E-state index contributed by atoms with van der Waals surface area (Å²) in [5.41, 5.74) is 1.27. The number of hydrogen-bond donors (Lipinski definition) is 6. The van der Waals surface area contributed by atoms with Crippen LogP contribution in [0.4, 0.5) is 0 Å². The number of aryl methyl sites for hydroxylation is 1. The van der Waals surface area contributed by atoms with E-state index in [2.05, 4.69) is 25.8 Å². The lowest BCUT2D eigenvalue weighted by molar-refractivity contribution is -0.138. The molecule has 10 nitrogen and oxygen atoms in total. The Labute approximate surface area is 329 Å². The first kappa shape index (κ1) is 55.6. The van der Waals surface area contributed by atoms with Gasteiger partial charge in [0.05, 0.1) is 18.9 Å². The van der Waals surface area contributed by atoms with Crippen LogP contribution in [-0.2, 0) is 27.6 Å². The minimum absolute atomic E-state index is 0.0379. The highest BCUT2D eigenvalue weighted by atomic mass is 16.4. The molecule has 0 unspecified atom stereocenters. The molecule has 0 spiro atoms. The fourth-order valence-corrected chi connectivity index (χ4v) is 5.76. The molecule has 0 aliphatic carbocycles. The third-order valence-electron chi connectivity index (χ3n) is 9.24. The third-order valence-corrected chi connectivity index (χ3v) is 9.24. The van der Waals surface area contributed by atoms with Crippen LogP contribution in [0.25, 0.3) is 0 Å². The zero-order valence-corrected chi connectivity index (χ0v) is 35.1. The summed E-state index contributed by atoms with van der Waals surface area (Å²) in [6.45, 7) is 7.81. The van der Waals surface area contributed by atoms with Crippen LogP contribution in [-0.4, -0.2) is 53.5 Å². The lowest BCUT2D eigenvalue weighted by Gasteiger charge is -2.07. The summed E-state index contributed by atoms with van der Waals surface area (Å²) in [5.74, 6) is -2.02. The van der Waals surface area contributed by atoms with Crippen molar-refractivity contribution in [3.8, 4) is 5.75 Å². The number of aromatic hydroxyl groups is 1. The van der Waals surface area contributed by atoms with Crippen molar-refractivity contribution in [2.75, 3.05) is 0 Å². The molecule has 1 rings (SSSR count). The zero-order chi connectivity index (χ0) is 41.1. The van der Waals surface area contributed by atoms with Gasteiger partial charge in [-0.05, 0) is 26.2 Å². The molecule has 1 aromatic heterocycles. The Balaban J connectivity index is -0.000000643. The molecular formula is C44H83NO9. The van der Waals surface area contributed by atoms with Gasteiger partial charge in [-0.15, -0.1) is 0 Å². The maximum absolute atomic E-state index is 10.2. The first-order chi connectivity index (χ1) is 26.0. The molecule has 0 aromatic carbocycles. The van der Waals surface area contributed by atoms with E-state index in [1.165, 1.54) is 141 Å². The fourth-order valence-electron chi connectivity index (χ4n) is 5.76. The van der Waals surface area contributed by atoms with Crippen LogP contribution in [0, 0.1) is 6.92 Å². The van der Waals surface area contributed by atoms with Gasteiger partial charge in [0, 0.05) is 36.6 Å². The molecule has 0 aliphatic heterocycles. The molecule has 0 amide bonds. The van der Waals surface area contributed by atoms with Gasteiger partial charge in [0.1, 0.15) is 5.75 Å². The SMILES string of the molecule is CCCCCCCCCCCC(=O)O.CCCCCCCCCCCC(=O)O.CCCCCCCCCCCC(=O)O.Cc1ncc(CO)c(CO)c1O. The first-order valence-electron chi connectivity index (χ1n) is 21.5. The number of aliphatic hydroxyl groups is 2. The van der Waals surface area contributed by atoms with Crippen molar-refractivity contribution in [3.05, 3.63) is 23.0 Å². The number of aliphatic hydroxyl groups excluding tert-OH is 2. The highest BCUT2D eigenvalue weighted by Crippen LogP contribution is 2.23. The van der Waals surface area contributed by atoms with Crippen LogP contribution in [0.2, 0.25) is 0 Å². The number of pyridine rings is 1. The molecule has 1 aromatic rings. The minimum atomic E-state index is -0.659. The van der Waals surface area contributed by atoms with E-state index in [0.717, 1.165) is 38.5 Å². The van der Waals surface area contributed by atoms with Crippen LogP contribution in [0.1, 0.15) is 230 Å². The van der Waals surface area contributed by atoms with Gasteiger partial charge in [-0.25, -0.2) is 0 Å². The van der Waals surface area contributed by atoms with Crippen LogP contribution < -0.4 is 0 Å². The quantitative estimate of drug-likeness (QED) is 0.0385. The Hall–Kier alpha value is -2.72. The van der Waals surface area contributed by atoms with E-state index in [9.17, 15) is 19.5 Å². The minimum Gasteiger partial charge on any atom is -0.506 e. The molecule has 10 heteroatoms. The molecule has 0 radical (unpaired) electrons. The van der Waals surface area contributed by atoms with Crippen LogP contribution >= 0.6 is 0 Å². The number of carboxylic acid groups (broad SMARTS) is 3. The van der Waals surface area contributed by atoms with Crippen LogP contribution in [0.15, 0.2) is 6.20 Å². The largest absolute Gasteiger partial charge is 0.506 e. The summed E-state index contributed by atoms with van der Waals surface area (Å²) >= 11 is 0. The average molecular weight is 770 g/mol. The Bertz CT molecular complexity index is 911. The van der Waals surface area contributed by atoms with E-state index in [-0.39, 0.29) is 19.0 Å². The standard InChI is InChI=1S/3C12H24O2.C8H11NO3/c3*1-2-3-4-5-6-7-8-9-10-11-12(13)14;1-5-8(12)7(4-11)6(3-10)2-9-5/h3*2-11H2,1H3,(H,13,14);2,10-12H,3-4H2,1H3. The van der Waals surface area contributed by atoms with Crippen LogP contribution in [0.3, 0.4) is 0 Å². The van der Waals surface area contributed by atoms with Crippen molar-refractivity contribution in [1.82, 2.24) is 4.98 Å². The van der Waals surface area contributed by atoms with Gasteiger partial charge in [-0.3, -0.25) is 19.4 Å². The van der Waals surface area contributed by atoms with E-state index < -0.39 is 17.9 Å². The number of unbranched alkanes of at least 4 members (excludes halogenated alkanes) is 24. The molecule has 0 atom stereocenters. The normalized spacial score (nSPS) is 10.3. The molecule has 0 aliphatic rings. The van der Waals surface area contributed by atoms with Crippen molar-refractivity contribution < 1.29 is 45.0 Å². The lowest BCUT2D eigenvalue weighted by atomic mass is 10.1. The molecule has 54 heavy (non-hydrogen) atoms. The highest BCUT2D eigenvalue weighted by Gasteiger charge is 2.09. The molecule has 318 valence electrons. The summed E-state index contributed by atoms with van der Waals surface area (Å²) in [6.07, 6.45) is 35.9. The second-order valence-corrected chi connectivity index (χ2v) is 14.4. The summed E-state index contributed by atoms with van der Waals surface area (Å²) in [6, 6.07) is 0. The van der Waals surface area contributed by atoms with E-state index in [4.69, 9.17) is 25.5 Å². The van der Waals surface area contributed by atoms with Gasteiger partial charge in [0.15, 0.2) is 0 Å². The van der Waals surface area contributed by atoms with Crippen molar-refractivity contribution in [1.29, 1.82) is 0 Å². The second kappa shape index (κ2) is 44.7. The molecule has 0 saturated heterocycles. The number of carboxylic acids is 3. The molecule has 0 fully saturated rings. The average Bonchev–Trinajstić information content (AvgIpc) is 3.14.